The van der Waals surface area contributed by atoms with Gasteiger partial charge in [-0.3, -0.25) is 0 Å². The van der Waals surface area contributed by atoms with E-state index in [1.165, 1.54) is 0 Å². The first-order valence-corrected chi connectivity index (χ1v) is 5.06. The van der Waals surface area contributed by atoms with Crippen molar-refractivity contribution in [2.24, 2.45) is 11.8 Å². The lowest BCUT2D eigenvalue weighted by Crippen LogP contribution is -2.40. The van der Waals surface area contributed by atoms with E-state index in [0.29, 0.717) is 25.0 Å². The highest BCUT2D eigenvalue weighted by Crippen LogP contribution is 2.23. The second kappa shape index (κ2) is 4.94. The van der Waals surface area contributed by atoms with Gasteiger partial charge in [0.15, 0.2) is 6.29 Å². The lowest BCUT2D eigenvalue weighted by molar-refractivity contribution is -0.241. The third kappa shape index (κ3) is 2.93. The summed E-state index contributed by atoms with van der Waals surface area (Å²) in [5, 5.41) is 9.15. The maximum Gasteiger partial charge on any atom is 0.160 e. The summed E-state index contributed by atoms with van der Waals surface area (Å²) < 4.78 is 10.8. The van der Waals surface area contributed by atoms with Crippen LogP contribution < -0.4 is 0 Å². The zero-order chi connectivity index (χ0) is 9.84. The zero-order valence-electron chi connectivity index (χ0n) is 8.69. The minimum atomic E-state index is -0.444. The fraction of sp³-hybridized carbons (Fsp3) is 1.00. The number of rotatable bonds is 3. The molecule has 1 aliphatic heterocycles. The summed E-state index contributed by atoms with van der Waals surface area (Å²) in [5.74, 6) is 0.998. The van der Waals surface area contributed by atoms with E-state index in [-0.39, 0.29) is 6.29 Å². The predicted molar refractivity (Wildman–Crippen MR) is 50.3 cm³/mol. The van der Waals surface area contributed by atoms with Gasteiger partial charge in [-0.05, 0) is 5.92 Å². The molecule has 0 aromatic carbocycles. The van der Waals surface area contributed by atoms with E-state index in [2.05, 4.69) is 20.8 Å². The molecule has 1 saturated heterocycles. The van der Waals surface area contributed by atoms with Crippen molar-refractivity contribution in [2.75, 3.05) is 13.2 Å². The van der Waals surface area contributed by atoms with Crippen molar-refractivity contribution in [3.63, 3.8) is 0 Å². The van der Waals surface area contributed by atoms with Gasteiger partial charge in [0, 0.05) is 5.92 Å². The molecule has 0 spiro atoms. The number of ether oxygens (including phenoxy) is 2. The van der Waals surface area contributed by atoms with Crippen LogP contribution in [0.2, 0.25) is 0 Å². The van der Waals surface area contributed by atoms with E-state index < -0.39 is 6.10 Å². The van der Waals surface area contributed by atoms with E-state index in [1.54, 1.807) is 0 Å². The van der Waals surface area contributed by atoms with Gasteiger partial charge in [0.25, 0.3) is 0 Å². The smallest absolute Gasteiger partial charge is 0.160 e. The average Bonchev–Trinajstić information content (AvgIpc) is 2.17. The minimum absolute atomic E-state index is 0.127. The van der Waals surface area contributed by atoms with Gasteiger partial charge in [-0.25, -0.2) is 0 Å². The highest BCUT2D eigenvalue weighted by atomic mass is 16.7. The Labute approximate surface area is 80.0 Å². The molecule has 0 saturated carbocycles. The quantitative estimate of drug-likeness (QED) is 0.727. The Morgan fingerprint density at radius 1 is 1.31 bits per heavy atom. The zero-order valence-corrected chi connectivity index (χ0v) is 8.69. The van der Waals surface area contributed by atoms with Crippen molar-refractivity contribution in [3.8, 4) is 0 Å². The van der Waals surface area contributed by atoms with Crippen LogP contribution in [0.3, 0.4) is 0 Å². The molecule has 0 radical (unpaired) electrons. The Kier molecular flexibility index (Phi) is 4.16. The summed E-state index contributed by atoms with van der Waals surface area (Å²) in [5.41, 5.74) is 0. The molecule has 1 aliphatic rings. The van der Waals surface area contributed by atoms with Gasteiger partial charge in [-0.2, -0.15) is 0 Å². The molecule has 1 heterocycles. The van der Waals surface area contributed by atoms with Gasteiger partial charge < -0.3 is 14.6 Å². The molecule has 1 N–H and O–H groups in total. The third-order valence-corrected chi connectivity index (χ3v) is 2.88. The lowest BCUT2D eigenvalue weighted by Gasteiger charge is -2.33. The van der Waals surface area contributed by atoms with Crippen LogP contribution in [0.25, 0.3) is 0 Å². The molecule has 0 bridgehead atoms. The predicted octanol–water partition coefficient (Wildman–Crippen LogP) is 1.40. The van der Waals surface area contributed by atoms with Crippen molar-refractivity contribution < 1.29 is 14.6 Å². The summed E-state index contributed by atoms with van der Waals surface area (Å²) in [6.45, 7) is 7.31. The number of aliphatic hydroxyl groups excluding tert-OH is 1. The summed E-state index contributed by atoms with van der Waals surface area (Å²) in [4.78, 5) is 0. The molecule has 0 aromatic heterocycles. The van der Waals surface area contributed by atoms with Crippen molar-refractivity contribution in [1.82, 2.24) is 0 Å². The second-order valence-corrected chi connectivity index (χ2v) is 3.93. The normalized spacial score (nSPS) is 34.2. The monoisotopic (exact) mass is 188 g/mol. The van der Waals surface area contributed by atoms with Crippen molar-refractivity contribution >= 4 is 0 Å². The van der Waals surface area contributed by atoms with Crippen LogP contribution in [-0.4, -0.2) is 30.7 Å². The van der Waals surface area contributed by atoms with E-state index in [9.17, 15) is 0 Å². The van der Waals surface area contributed by atoms with Gasteiger partial charge in [0.05, 0.1) is 13.2 Å². The topological polar surface area (TPSA) is 38.7 Å². The van der Waals surface area contributed by atoms with Crippen LogP contribution in [0.4, 0.5) is 0 Å². The lowest BCUT2D eigenvalue weighted by atomic mass is 9.93. The van der Waals surface area contributed by atoms with Gasteiger partial charge >= 0.3 is 0 Å². The standard InChI is InChI=1S/C10H20O3/c1-4-7(2)8(3)10-12-5-9(11)6-13-10/h7-11H,4-6H2,1-3H3. The van der Waals surface area contributed by atoms with Crippen molar-refractivity contribution in [1.29, 1.82) is 0 Å². The summed E-state index contributed by atoms with van der Waals surface area (Å²) in [6.07, 6.45) is 0.561. The number of hydrogen-bond acceptors (Lipinski definition) is 3. The first kappa shape index (κ1) is 11.0. The molecule has 3 heteroatoms. The Morgan fingerprint density at radius 2 is 1.85 bits per heavy atom. The average molecular weight is 188 g/mol. The van der Waals surface area contributed by atoms with Gasteiger partial charge in [0.1, 0.15) is 6.10 Å². The van der Waals surface area contributed by atoms with Crippen LogP contribution in [0.1, 0.15) is 27.2 Å². The van der Waals surface area contributed by atoms with Crippen molar-refractivity contribution in [2.45, 2.75) is 39.6 Å². The van der Waals surface area contributed by atoms with Crippen molar-refractivity contribution in [3.05, 3.63) is 0 Å². The Hall–Kier alpha value is -0.120. The highest BCUT2D eigenvalue weighted by Gasteiger charge is 2.28. The van der Waals surface area contributed by atoms with Crippen LogP contribution in [-0.2, 0) is 9.47 Å². The summed E-state index contributed by atoms with van der Waals surface area (Å²) >= 11 is 0. The Bertz CT molecular complexity index is 141. The van der Waals surface area contributed by atoms with Gasteiger partial charge in [-0.15, -0.1) is 0 Å². The van der Waals surface area contributed by atoms with Gasteiger partial charge in [0.2, 0.25) is 0 Å². The second-order valence-electron chi connectivity index (χ2n) is 3.93. The third-order valence-electron chi connectivity index (χ3n) is 2.88. The van der Waals surface area contributed by atoms with Crippen LogP contribution >= 0.6 is 0 Å². The fourth-order valence-electron chi connectivity index (χ4n) is 1.45. The molecule has 13 heavy (non-hydrogen) atoms. The summed E-state index contributed by atoms with van der Waals surface area (Å²) in [6, 6.07) is 0. The van der Waals surface area contributed by atoms with E-state index >= 15 is 0 Å². The van der Waals surface area contributed by atoms with E-state index in [1.807, 2.05) is 0 Å². The summed E-state index contributed by atoms with van der Waals surface area (Å²) in [7, 11) is 0. The van der Waals surface area contributed by atoms with Gasteiger partial charge in [-0.1, -0.05) is 27.2 Å². The fourth-order valence-corrected chi connectivity index (χ4v) is 1.45. The molecule has 1 rings (SSSR count). The van der Waals surface area contributed by atoms with Crippen LogP contribution in [0, 0.1) is 11.8 Å². The molecular weight excluding hydrogens is 168 g/mol. The van der Waals surface area contributed by atoms with Crippen LogP contribution in [0.15, 0.2) is 0 Å². The largest absolute Gasteiger partial charge is 0.388 e. The molecule has 0 aliphatic carbocycles. The molecule has 0 amide bonds. The minimum Gasteiger partial charge on any atom is -0.388 e. The maximum absolute atomic E-state index is 9.15. The first-order chi connectivity index (χ1) is 6.15. The Balaban J connectivity index is 2.35. The molecular formula is C10H20O3. The molecule has 0 aromatic rings. The molecule has 2 atom stereocenters. The number of hydrogen-bond donors (Lipinski definition) is 1. The molecule has 3 nitrogen and oxygen atoms in total. The van der Waals surface area contributed by atoms with E-state index in [4.69, 9.17) is 14.6 Å². The molecule has 78 valence electrons. The molecule has 2 unspecified atom stereocenters. The van der Waals surface area contributed by atoms with E-state index in [0.717, 1.165) is 6.42 Å². The Morgan fingerprint density at radius 3 is 2.31 bits per heavy atom. The number of aliphatic hydroxyl groups is 1. The molecule has 1 fully saturated rings. The first-order valence-electron chi connectivity index (χ1n) is 5.06. The SMILES string of the molecule is CCC(C)C(C)C1OCC(O)CO1. The van der Waals surface area contributed by atoms with Crippen LogP contribution in [0.5, 0.6) is 0 Å². The highest BCUT2D eigenvalue weighted by molar-refractivity contribution is 4.68. The maximum atomic E-state index is 9.15.